The van der Waals surface area contributed by atoms with Gasteiger partial charge >= 0.3 is 0 Å². The van der Waals surface area contributed by atoms with E-state index in [9.17, 15) is 4.39 Å². The van der Waals surface area contributed by atoms with E-state index >= 15 is 0 Å². The van der Waals surface area contributed by atoms with Gasteiger partial charge in [0.25, 0.3) is 0 Å². The van der Waals surface area contributed by atoms with Gasteiger partial charge in [-0.25, -0.2) is 4.39 Å². The van der Waals surface area contributed by atoms with Crippen LogP contribution in [0.4, 0.5) is 4.39 Å². The molecule has 2 rings (SSSR count). The van der Waals surface area contributed by atoms with Crippen molar-refractivity contribution in [3.63, 3.8) is 0 Å². The first kappa shape index (κ1) is 14.7. The molecule has 1 atom stereocenters. The van der Waals surface area contributed by atoms with E-state index < -0.39 is 0 Å². The summed E-state index contributed by atoms with van der Waals surface area (Å²) >= 11 is 5.97. The molecule has 1 aromatic rings. The van der Waals surface area contributed by atoms with Gasteiger partial charge in [0.05, 0.1) is 10.6 Å². The van der Waals surface area contributed by atoms with Crippen molar-refractivity contribution in [1.29, 1.82) is 0 Å². The third-order valence-electron chi connectivity index (χ3n) is 4.05. The van der Waals surface area contributed by atoms with Crippen LogP contribution in [0.25, 0.3) is 0 Å². The molecule has 19 heavy (non-hydrogen) atoms. The smallest absolute Gasteiger partial charge is 0.142 e. The van der Waals surface area contributed by atoms with Crippen LogP contribution in [0.15, 0.2) is 18.2 Å². The number of nitrogens with one attached hydrogen (secondary N) is 1. The van der Waals surface area contributed by atoms with E-state index in [1.165, 1.54) is 12.5 Å². The van der Waals surface area contributed by atoms with E-state index in [1.807, 2.05) is 6.07 Å². The van der Waals surface area contributed by atoms with Crippen molar-refractivity contribution in [2.24, 2.45) is 5.84 Å². The standard InChI is InChI=1S/C14H20ClFN2O/c1-19-14(6-3-7-14)9-11(18-17)8-10-4-2-5-12(16)13(10)15/h2,4-5,11,18H,3,6-9,17H2,1H3. The Bertz CT molecular complexity index is 432. The second kappa shape index (κ2) is 6.18. The van der Waals surface area contributed by atoms with Gasteiger partial charge < -0.3 is 4.74 Å². The van der Waals surface area contributed by atoms with Gasteiger partial charge in [0.2, 0.25) is 0 Å². The van der Waals surface area contributed by atoms with Crippen LogP contribution in [0.2, 0.25) is 5.02 Å². The molecule has 0 radical (unpaired) electrons. The van der Waals surface area contributed by atoms with Gasteiger partial charge in [0, 0.05) is 13.2 Å². The molecule has 1 aliphatic carbocycles. The van der Waals surface area contributed by atoms with Crippen LogP contribution in [0.1, 0.15) is 31.2 Å². The summed E-state index contributed by atoms with van der Waals surface area (Å²) in [6, 6.07) is 4.88. The first-order valence-corrected chi connectivity index (χ1v) is 6.92. The Kier molecular flexibility index (Phi) is 4.79. The van der Waals surface area contributed by atoms with Gasteiger partial charge in [0.1, 0.15) is 5.82 Å². The van der Waals surface area contributed by atoms with E-state index in [2.05, 4.69) is 5.43 Å². The minimum absolute atomic E-state index is 0.0274. The van der Waals surface area contributed by atoms with Crippen molar-refractivity contribution >= 4 is 11.6 Å². The number of ether oxygens (including phenoxy) is 1. The summed E-state index contributed by atoms with van der Waals surface area (Å²) in [6.45, 7) is 0. The Morgan fingerprint density at radius 3 is 2.79 bits per heavy atom. The highest BCUT2D eigenvalue weighted by molar-refractivity contribution is 6.31. The monoisotopic (exact) mass is 286 g/mol. The summed E-state index contributed by atoms with van der Waals surface area (Å²) in [5, 5.41) is 0.183. The fourth-order valence-electron chi connectivity index (χ4n) is 2.67. The molecule has 0 aromatic heterocycles. The second-order valence-electron chi connectivity index (χ2n) is 5.23. The predicted octanol–water partition coefficient (Wildman–Crippen LogP) is 2.81. The van der Waals surface area contributed by atoms with Crippen molar-refractivity contribution in [2.45, 2.75) is 43.7 Å². The van der Waals surface area contributed by atoms with Crippen LogP contribution in [0.3, 0.4) is 0 Å². The van der Waals surface area contributed by atoms with Gasteiger partial charge in [-0.05, 0) is 43.7 Å². The summed E-state index contributed by atoms with van der Waals surface area (Å²) in [5.41, 5.74) is 3.50. The Labute approximate surface area is 118 Å². The quantitative estimate of drug-likeness (QED) is 0.624. The van der Waals surface area contributed by atoms with Gasteiger partial charge in [-0.3, -0.25) is 11.3 Å². The zero-order valence-electron chi connectivity index (χ0n) is 11.1. The number of methoxy groups -OCH3 is 1. The SMILES string of the molecule is COC1(CC(Cc2cccc(F)c2Cl)NN)CCC1. The molecule has 0 aliphatic heterocycles. The summed E-state index contributed by atoms with van der Waals surface area (Å²) in [6.07, 6.45) is 4.70. The lowest BCUT2D eigenvalue weighted by atomic mass is 9.75. The zero-order valence-corrected chi connectivity index (χ0v) is 11.8. The second-order valence-corrected chi connectivity index (χ2v) is 5.60. The van der Waals surface area contributed by atoms with Crippen molar-refractivity contribution in [3.8, 4) is 0 Å². The van der Waals surface area contributed by atoms with Gasteiger partial charge in [0.15, 0.2) is 0 Å². The molecule has 3 N–H and O–H groups in total. The molecule has 106 valence electrons. The van der Waals surface area contributed by atoms with E-state index in [1.54, 1.807) is 13.2 Å². The van der Waals surface area contributed by atoms with Crippen LogP contribution in [-0.2, 0) is 11.2 Å². The maximum absolute atomic E-state index is 13.4. The number of halogens is 2. The molecule has 0 heterocycles. The molecule has 5 heteroatoms. The molecule has 1 fully saturated rings. The number of rotatable bonds is 6. The molecule has 1 saturated carbocycles. The van der Waals surface area contributed by atoms with Crippen LogP contribution in [0.5, 0.6) is 0 Å². The van der Waals surface area contributed by atoms with E-state index in [0.29, 0.717) is 6.42 Å². The first-order valence-electron chi connectivity index (χ1n) is 6.54. The van der Waals surface area contributed by atoms with Crippen molar-refractivity contribution < 1.29 is 9.13 Å². The summed E-state index contributed by atoms with van der Waals surface area (Å²) in [4.78, 5) is 0. The molecule has 0 saturated heterocycles. The van der Waals surface area contributed by atoms with Gasteiger partial charge in [-0.15, -0.1) is 0 Å². The Morgan fingerprint density at radius 1 is 1.53 bits per heavy atom. The predicted molar refractivity (Wildman–Crippen MR) is 74.4 cm³/mol. The highest BCUT2D eigenvalue weighted by Gasteiger charge is 2.38. The lowest BCUT2D eigenvalue weighted by Gasteiger charge is -2.42. The Hall–Kier alpha value is -0.680. The van der Waals surface area contributed by atoms with Crippen LogP contribution >= 0.6 is 11.6 Å². The Morgan fingerprint density at radius 2 is 2.26 bits per heavy atom. The van der Waals surface area contributed by atoms with Crippen molar-refractivity contribution in [2.75, 3.05) is 7.11 Å². The van der Waals surface area contributed by atoms with Crippen molar-refractivity contribution in [3.05, 3.63) is 34.6 Å². The summed E-state index contributed by atoms with van der Waals surface area (Å²) in [7, 11) is 1.74. The number of benzene rings is 1. The lowest BCUT2D eigenvalue weighted by molar-refractivity contribution is -0.0834. The van der Waals surface area contributed by atoms with Crippen LogP contribution in [0, 0.1) is 5.82 Å². The fraction of sp³-hybridized carbons (Fsp3) is 0.571. The van der Waals surface area contributed by atoms with Crippen molar-refractivity contribution in [1.82, 2.24) is 5.43 Å². The van der Waals surface area contributed by atoms with E-state index in [-0.39, 0.29) is 22.5 Å². The van der Waals surface area contributed by atoms with Crippen LogP contribution in [-0.4, -0.2) is 18.8 Å². The summed E-state index contributed by atoms with van der Waals surface area (Å²) in [5.74, 6) is 5.22. The highest BCUT2D eigenvalue weighted by atomic mass is 35.5. The van der Waals surface area contributed by atoms with Crippen LogP contribution < -0.4 is 11.3 Å². The molecule has 1 unspecified atom stereocenters. The largest absolute Gasteiger partial charge is 0.378 e. The molecule has 0 bridgehead atoms. The maximum Gasteiger partial charge on any atom is 0.142 e. The fourth-order valence-corrected chi connectivity index (χ4v) is 2.88. The zero-order chi connectivity index (χ0) is 13.9. The number of hydrogen-bond acceptors (Lipinski definition) is 3. The topological polar surface area (TPSA) is 47.3 Å². The molecule has 0 amide bonds. The molecule has 1 aliphatic rings. The molecular formula is C14H20ClFN2O. The first-order chi connectivity index (χ1) is 9.10. The minimum Gasteiger partial charge on any atom is -0.378 e. The Balaban J connectivity index is 2.04. The molecule has 1 aromatic carbocycles. The van der Waals surface area contributed by atoms with E-state index in [0.717, 1.165) is 24.8 Å². The third kappa shape index (κ3) is 3.26. The third-order valence-corrected chi connectivity index (χ3v) is 4.47. The van der Waals surface area contributed by atoms with Gasteiger partial charge in [-0.1, -0.05) is 23.7 Å². The van der Waals surface area contributed by atoms with Gasteiger partial charge in [-0.2, -0.15) is 0 Å². The average molecular weight is 287 g/mol. The molecule has 3 nitrogen and oxygen atoms in total. The molecular weight excluding hydrogens is 267 g/mol. The normalized spacial score (nSPS) is 18.9. The van der Waals surface area contributed by atoms with E-state index in [4.69, 9.17) is 22.2 Å². The number of hydrogen-bond donors (Lipinski definition) is 2. The highest BCUT2D eigenvalue weighted by Crippen LogP contribution is 2.39. The minimum atomic E-state index is -0.389. The summed E-state index contributed by atoms with van der Waals surface area (Å²) < 4.78 is 19.0. The maximum atomic E-state index is 13.4. The molecule has 0 spiro atoms. The lowest BCUT2D eigenvalue weighted by Crippen LogP contribution is -2.48. The number of nitrogens with two attached hydrogens (primary N) is 1. The number of hydrazine groups is 1. The average Bonchev–Trinajstić information content (AvgIpc) is 2.37.